The van der Waals surface area contributed by atoms with Crippen molar-refractivity contribution in [3.8, 4) is 17.6 Å². The first-order valence-corrected chi connectivity index (χ1v) is 8.94. The molecule has 8 nitrogen and oxygen atoms in total. The van der Waals surface area contributed by atoms with Crippen LogP contribution in [0.4, 0.5) is 23.0 Å². The summed E-state index contributed by atoms with van der Waals surface area (Å²) < 4.78 is 5.22. The van der Waals surface area contributed by atoms with E-state index in [-0.39, 0.29) is 17.1 Å². The molecule has 9 heteroatoms. The van der Waals surface area contributed by atoms with Gasteiger partial charge in [-0.3, -0.25) is 5.10 Å². The highest BCUT2D eigenvalue weighted by Gasteiger charge is 2.14. The molecule has 0 radical (unpaired) electrons. The minimum atomic E-state index is 0.0418. The number of nitrogens with one attached hydrogen (secondary N) is 2. The maximum Gasteiger partial charge on any atom is 0.193 e. The molecule has 3 aromatic rings. The molecule has 0 amide bonds. The minimum Gasteiger partial charge on any atom is -0.503 e. The summed E-state index contributed by atoms with van der Waals surface area (Å²) in [4.78, 5) is 6.08. The van der Waals surface area contributed by atoms with Gasteiger partial charge in [0.1, 0.15) is 17.5 Å². The van der Waals surface area contributed by atoms with Crippen molar-refractivity contribution >= 4 is 40.8 Å². The number of phenols is 1. The van der Waals surface area contributed by atoms with E-state index in [1.807, 2.05) is 20.2 Å². The fourth-order valence-electron chi connectivity index (χ4n) is 2.65. The van der Waals surface area contributed by atoms with Gasteiger partial charge in [-0.05, 0) is 35.9 Å². The first kappa shape index (κ1) is 20.0. The number of methoxy groups -OCH3 is 1. The number of benzene rings is 2. The van der Waals surface area contributed by atoms with Gasteiger partial charge in [0.2, 0.25) is 0 Å². The molecule has 0 aliphatic heterocycles. The van der Waals surface area contributed by atoms with Gasteiger partial charge in [-0.15, -0.1) is 0 Å². The Hall–Kier alpha value is -3.70. The Morgan fingerprint density at radius 1 is 1.34 bits per heavy atom. The number of nitrogens with zero attached hydrogens (tertiary/aromatic N) is 4. The third-order valence-corrected chi connectivity index (χ3v) is 4.30. The summed E-state index contributed by atoms with van der Waals surface area (Å²) in [5.74, 6) is 1.01. The second kappa shape index (κ2) is 8.54. The molecule has 0 aliphatic carbocycles. The lowest BCUT2D eigenvalue weighted by Gasteiger charge is -2.17. The van der Waals surface area contributed by atoms with Gasteiger partial charge in [0.15, 0.2) is 17.3 Å². The largest absolute Gasteiger partial charge is 0.503 e. The number of aromatic hydroxyl groups is 1. The van der Waals surface area contributed by atoms with Gasteiger partial charge in [0.25, 0.3) is 0 Å². The van der Waals surface area contributed by atoms with E-state index in [1.54, 1.807) is 41.4 Å². The number of rotatable bonds is 6. The lowest BCUT2D eigenvalue weighted by Crippen LogP contribution is -2.09. The van der Waals surface area contributed by atoms with Crippen LogP contribution >= 0.6 is 11.6 Å². The van der Waals surface area contributed by atoms with Gasteiger partial charge < -0.3 is 20.1 Å². The Kier molecular flexibility index (Phi) is 5.90. The molecule has 29 heavy (non-hydrogen) atoms. The number of H-pyrrole nitrogens is 1. The quantitative estimate of drug-likeness (QED) is 0.525. The average Bonchev–Trinajstić information content (AvgIpc) is 3.08. The zero-order valence-corrected chi connectivity index (χ0v) is 16.8. The Morgan fingerprint density at radius 2 is 2.14 bits per heavy atom. The van der Waals surface area contributed by atoms with Crippen LogP contribution in [0.5, 0.6) is 11.5 Å². The molecule has 0 aliphatic rings. The van der Waals surface area contributed by atoms with Gasteiger partial charge >= 0.3 is 0 Å². The number of ether oxygens (including phenoxy) is 1. The summed E-state index contributed by atoms with van der Waals surface area (Å²) in [6, 6.07) is 12.6. The molecule has 2 aromatic carbocycles. The first-order valence-electron chi connectivity index (χ1n) is 8.56. The summed E-state index contributed by atoms with van der Waals surface area (Å²) in [5, 5.41) is 30.3. The highest BCUT2D eigenvalue weighted by molar-refractivity contribution is 6.30. The van der Waals surface area contributed by atoms with Crippen molar-refractivity contribution in [3.63, 3.8) is 0 Å². The predicted molar refractivity (Wildman–Crippen MR) is 114 cm³/mol. The van der Waals surface area contributed by atoms with Crippen LogP contribution in [0.1, 0.15) is 11.1 Å². The molecule has 0 saturated heterocycles. The minimum absolute atomic E-state index is 0.0418. The highest BCUT2D eigenvalue weighted by atomic mass is 35.5. The fraction of sp³-hybridized carbons (Fsp3) is 0.150. The van der Waals surface area contributed by atoms with E-state index in [4.69, 9.17) is 16.3 Å². The van der Waals surface area contributed by atoms with Crippen LogP contribution in [0.25, 0.3) is 0 Å². The third kappa shape index (κ3) is 4.42. The zero-order chi connectivity index (χ0) is 21.0. The second-order valence-corrected chi connectivity index (χ2v) is 6.72. The van der Waals surface area contributed by atoms with Gasteiger partial charge in [0.05, 0.1) is 12.8 Å². The summed E-state index contributed by atoms with van der Waals surface area (Å²) in [6.45, 7) is 0. The first-order chi connectivity index (χ1) is 13.9. The van der Waals surface area contributed by atoms with Gasteiger partial charge in [-0.2, -0.15) is 10.4 Å². The monoisotopic (exact) mass is 410 g/mol. The molecule has 0 fully saturated rings. The van der Waals surface area contributed by atoms with E-state index < -0.39 is 0 Å². The fourth-order valence-corrected chi connectivity index (χ4v) is 2.84. The van der Waals surface area contributed by atoms with Gasteiger partial charge in [-0.25, -0.2) is 4.99 Å². The topological polar surface area (TPSA) is 110 Å². The van der Waals surface area contributed by atoms with E-state index in [0.29, 0.717) is 33.5 Å². The molecule has 1 aromatic heterocycles. The van der Waals surface area contributed by atoms with E-state index in [0.717, 1.165) is 0 Å². The van der Waals surface area contributed by atoms with Crippen molar-refractivity contribution in [1.82, 2.24) is 10.2 Å². The van der Waals surface area contributed by atoms with Crippen molar-refractivity contribution in [2.75, 3.05) is 31.4 Å². The van der Waals surface area contributed by atoms with Crippen molar-refractivity contribution in [2.24, 2.45) is 4.99 Å². The van der Waals surface area contributed by atoms with E-state index in [1.165, 1.54) is 7.11 Å². The lowest BCUT2D eigenvalue weighted by molar-refractivity contribution is 0.374. The summed E-state index contributed by atoms with van der Waals surface area (Å²) >= 11 is 5.99. The van der Waals surface area contributed by atoms with Gasteiger partial charge in [0, 0.05) is 31.0 Å². The molecule has 148 valence electrons. The number of anilines is 3. The number of nitriles is 1. The van der Waals surface area contributed by atoms with Crippen LogP contribution in [0.2, 0.25) is 5.02 Å². The van der Waals surface area contributed by atoms with Gasteiger partial charge in [-0.1, -0.05) is 17.7 Å². The summed E-state index contributed by atoms with van der Waals surface area (Å²) in [7, 11) is 5.10. The molecule has 0 unspecified atom stereocenters. The predicted octanol–water partition coefficient (Wildman–Crippen LogP) is 4.21. The molecule has 0 spiro atoms. The number of hydrogen-bond acceptors (Lipinski definition) is 7. The smallest absolute Gasteiger partial charge is 0.193 e. The number of phenolic OH excluding ortho intramolecular Hbond substituents is 1. The molecular formula is C20H19ClN6O2. The number of aromatic nitrogens is 2. The normalized spacial score (nSPS) is 10.7. The lowest BCUT2D eigenvalue weighted by atomic mass is 10.1. The molecular weight excluding hydrogens is 392 g/mol. The molecule has 0 saturated carbocycles. The van der Waals surface area contributed by atoms with Crippen molar-refractivity contribution in [3.05, 3.63) is 52.5 Å². The molecule has 1 heterocycles. The summed E-state index contributed by atoms with van der Waals surface area (Å²) in [6.07, 6.45) is 1.55. The zero-order valence-electron chi connectivity index (χ0n) is 16.1. The van der Waals surface area contributed by atoms with Crippen LogP contribution in [0.15, 0.2) is 41.4 Å². The van der Waals surface area contributed by atoms with Crippen molar-refractivity contribution < 1.29 is 9.84 Å². The number of aromatic amines is 1. The maximum absolute atomic E-state index is 10.2. The Balaban J connectivity index is 1.91. The Labute approximate surface area is 173 Å². The van der Waals surface area contributed by atoms with Crippen LogP contribution in [0.3, 0.4) is 0 Å². The van der Waals surface area contributed by atoms with E-state index >= 15 is 0 Å². The van der Waals surface area contributed by atoms with Crippen LogP contribution in [-0.4, -0.2) is 42.7 Å². The van der Waals surface area contributed by atoms with E-state index in [9.17, 15) is 10.4 Å². The third-order valence-electron chi connectivity index (χ3n) is 4.07. The average molecular weight is 411 g/mol. The molecule has 3 N–H and O–H groups in total. The standard InChI is InChI=1S/C20H19ClN6O2/c1-27(2)16-7-12(8-17(29-3)18(16)28)11-23-19-15(10-22)20(26-25-19)24-14-6-4-5-13(21)9-14/h4-9,11,28H,1-3H3,(H2,24,25,26). The summed E-state index contributed by atoms with van der Waals surface area (Å²) in [5.41, 5.74) is 2.24. The van der Waals surface area contributed by atoms with Crippen LogP contribution in [0, 0.1) is 11.3 Å². The number of hydrogen-bond donors (Lipinski definition) is 3. The number of halogens is 1. The molecule has 0 atom stereocenters. The highest BCUT2D eigenvalue weighted by Crippen LogP contribution is 2.36. The second-order valence-electron chi connectivity index (χ2n) is 6.29. The Bertz CT molecular complexity index is 1100. The van der Waals surface area contributed by atoms with Crippen molar-refractivity contribution in [1.29, 1.82) is 5.26 Å². The SMILES string of the molecule is COc1cc(C=Nc2n[nH]c(Nc3cccc(Cl)c3)c2C#N)cc(N(C)C)c1O. The molecule has 3 rings (SSSR count). The van der Waals surface area contributed by atoms with Crippen LogP contribution in [-0.2, 0) is 0 Å². The maximum atomic E-state index is 10.2. The number of aliphatic imine (C=N–C) groups is 1. The Morgan fingerprint density at radius 3 is 2.79 bits per heavy atom. The van der Waals surface area contributed by atoms with E-state index in [2.05, 4.69) is 26.6 Å². The van der Waals surface area contributed by atoms with Crippen molar-refractivity contribution in [2.45, 2.75) is 0 Å². The van der Waals surface area contributed by atoms with Crippen LogP contribution < -0.4 is 15.0 Å². The molecule has 0 bridgehead atoms.